The molecule has 0 aliphatic heterocycles. The highest BCUT2D eigenvalue weighted by molar-refractivity contribution is 5.73. The van der Waals surface area contributed by atoms with Gasteiger partial charge in [-0.05, 0) is 26.2 Å². The zero-order valence-corrected chi connectivity index (χ0v) is 10.5. The zero-order chi connectivity index (χ0) is 13.5. The molecule has 1 heterocycles. The minimum Gasteiger partial charge on any atom is -0.480 e. The number of carboxylic acids is 1. The summed E-state index contributed by atoms with van der Waals surface area (Å²) in [6.07, 6.45) is 1.51. The number of anilines is 1. The van der Waals surface area contributed by atoms with Gasteiger partial charge in [0, 0.05) is 19.3 Å². The van der Waals surface area contributed by atoms with E-state index in [2.05, 4.69) is 4.98 Å². The summed E-state index contributed by atoms with van der Waals surface area (Å²) in [6, 6.07) is 5.20. The number of likely N-dealkylation sites (N-methyl/N-ethyl adjacent to an activating group) is 1. The van der Waals surface area contributed by atoms with Crippen LogP contribution in [0.5, 0.6) is 0 Å². The monoisotopic (exact) mass is 248 g/mol. The third-order valence-corrected chi connectivity index (χ3v) is 2.34. The Hall–Kier alpha value is -2.13. The van der Waals surface area contributed by atoms with E-state index in [4.69, 9.17) is 10.4 Å². The van der Waals surface area contributed by atoms with Crippen molar-refractivity contribution in [1.29, 1.82) is 5.26 Å². The van der Waals surface area contributed by atoms with Gasteiger partial charge in [-0.15, -0.1) is 0 Å². The molecule has 18 heavy (non-hydrogen) atoms. The first kappa shape index (κ1) is 13.9. The standard InChI is InChI=1S/C12H16N4O2/c1-15(2)5-6-16(9-12(17)18)11-7-10(8-13)3-4-14-11/h3-4,7H,5-6,9H2,1-2H3,(H,17,18). The van der Waals surface area contributed by atoms with Crippen molar-refractivity contribution < 1.29 is 9.90 Å². The molecule has 0 fully saturated rings. The Morgan fingerprint density at radius 2 is 2.22 bits per heavy atom. The van der Waals surface area contributed by atoms with Gasteiger partial charge in [0.15, 0.2) is 0 Å². The number of hydrogen-bond donors (Lipinski definition) is 1. The fourth-order valence-electron chi connectivity index (χ4n) is 1.42. The van der Waals surface area contributed by atoms with Crippen molar-refractivity contribution in [3.8, 4) is 6.07 Å². The molecule has 6 nitrogen and oxygen atoms in total. The lowest BCUT2D eigenvalue weighted by Crippen LogP contribution is -2.36. The molecule has 1 aromatic rings. The fourth-order valence-corrected chi connectivity index (χ4v) is 1.42. The van der Waals surface area contributed by atoms with Crippen LogP contribution in [0.15, 0.2) is 18.3 Å². The van der Waals surface area contributed by atoms with E-state index in [1.165, 1.54) is 6.20 Å². The molecule has 0 spiro atoms. The second kappa shape index (κ2) is 6.57. The van der Waals surface area contributed by atoms with Gasteiger partial charge in [0.05, 0.1) is 11.6 Å². The molecule has 0 atom stereocenters. The molecule has 0 aliphatic rings. The van der Waals surface area contributed by atoms with Crippen molar-refractivity contribution in [3.63, 3.8) is 0 Å². The smallest absolute Gasteiger partial charge is 0.323 e. The minimum absolute atomic E-state index is 0.129. The summed E-state index contributed by atoms with van der Waals surface area (Å²) < 4.78 is 0. The van der Waals surface area contributed by atoms with Gasteiger partial charge >= 0.3 is 5.97 Å². The maximum atomic E-state index is 10.8. The molecule has 6 heteroatoms. The zero-order valence-electron chi connectivity index (χ0n) is 10.5. The van der Waals surface area contributed by atoms with Crippen molar-refractivity contribution in [3.05, 3.63) is 23.9 Å². The lowest BCUT2D eigenvalue weighted by Gasteiger charge is -2.23. The molecular weight excluding hydrogens is 232 g/mol. The van der Waals surface area contributed by atoms with E-state index in [1.807, 2.05) is 25.1 Å². The quantitative estimate of drug-likeness (QED) is 0.785. The average Bonchev–Trinajstić information content (AvgIpc) is 2.34. The Morgan fingerprint density at radius 3 is 2.78 bits per heavy atom. The van der Waals surface area contributed by atoms with E-state index in [1.54, 1.807) is 17.0 Å². The second-order valence-corrected chi connectivity index (χ2v) is 4.13. The first-order valence-corrected chi connectivity index (χ1v) is 5.50. The molecule has 0 radical (unpaired) electrons. The number of hydrogen-bond acceptors (Lipinski definition) is 5. The van der Waals surface area contributed by atoms with Crippen molar-refractivity contribution in [2.24, 2.45) is 0 Å². The predicted molar refractivity (Wildman–Crippen MR) is 67.4 cm³/mol. The summed E-state index contributed by atoms with van der Waals surface area (Å²) in [7, 11) is 3.83. The first-order valence-electron chi connectivity index (χ1n) is 5.50. The van der Waals surface area contributed by atoms with E-state index in [0.29, 0.717) is 24.5 Å². The number of nitriles is 1. The summed E-state index contributed by atoms with van der Waals surface area (Å²) in [5.41, 5.74) is 0.472. The third kappa shape index (κ3) is 4.39. The van der Waals surface area contributed by atoms with Crippen LogP contribution in [0.3, 0.4) is 0 Å². The van der Waals surface area contributed by atoms with E-state index >= 15 is 0 Å². The van der Waals surface area contributed by atoms with Crippen molar-refractivity contribution in [2.45, 2.75) is 0 Å². The summed E-state index contributed by atoms with van der Waals surface area (Å²) >= 11 is 0. The Bertz CT molecular complexity index is 454. The second-order valence-electron chi connectivity index (χ2n) is 4.13. The first-order chi connectivity index (χ1) is 8.52. The molecule has 0 saturated heterocycles. The van der Waals surface area contributed by atoms with Gasteiger partial charge in [-0.25, -0.2) is 4.98 Å². The summed E-state index contributed by atoms with van der Waals surface area (Å²) in [5.74, 6) is -0.406. The number of carboxylic acid groups (broad SMARTS) is 1. The molecule has 1 N–H and O–H groups in total. The van der Waals surface area contributed by atoms with Crippen LogP contribution >= 0.6 is 0 Å². The van der Waals surface area contributed by atoms with E-state index in [0.717, 1.165) is 0 Å². The molecule has 1 aromatic heterocycles. The molecule has 0 saturated carbocycles. The van der Waals surface area contributed by atoms with Crippen LogP contribution in [0.4, 0.5) is 5.82 Å². The van der Waals surface area contributed by atoms with Crippen LogP contribution in [0.2, 0.25) is 0 Å². The predicted octanol–water partition coefficient (Wildman–Crippen LogP) is 0.406. The maximum absolute atomic E-state index is 10.8. The molecule has 0 amide bonds. The Morgan fingerprint density at radius 1 is 1.50 bits per heavy atom. The summed E-state index contributed by atoms with van der Waals surface area (Å²) in [5, 5.41) is 17.7. The van der Waals surface area contributed by atoms with Crippen molar-refractivity contribution in [2.75, 3.05) is 38.6 Å². The van der Waals surface area contributed by atoms with Crippen LogP contribution in [-0.2, 0) is 4.79 Å². The lowest BCUT2D eigenvalue weighted by atomic mass is 10.2. The van der Waals surface area contributed by atoms with Gasteiger partial charge in [0.2, 0.25) is 0 Å². The topological polar surface area (TPSA) is 80.5 Å². The van der Waals surface area contributed by atoms with Gasteiger partial charge in [-0.1, -0.05) is 0 Å². The van der Waals surface area contributed by atoms with Crippen LogP contribution < -0.4 is 4.90 Å². The van der Waals surface area contributed by atoms with Gasteiger partial charge in [-0.3, -0.25) is 4.79 Å². The Kier molecular flexibility index (Phi) is 5.08. The number of carbonyl (C=O) groups is 1. The van der Waals surface area contributed by atoms with Gasteiger partial charge in [0.1, 0.15) is 12.4 Å². The molecule has 0 unspecified atom stereocenters. The highest BCUT2D eigenvalue weighted by Gasteiger charge is 2.12. The normalized spacial score (nSPS) is 10.1. The van der Waals surface area contributed by atoms with Crippen LogP contribution in [0.1, 0.15) is 5.56 Å². The molecule has 1 rings (SSSR count). The minimum atomic E-state index is -0.919. The SMILES string of the molecule is CN(C)CCN(CC(=O)O)c1cc(C#N)ccn1. The lowest BCUT2D eigenvalue weighted by molar-refractivity contribution is -0.135. The summed E-state index contributed by atoms with van der Waals surface area (Å²) in [6.45, 7) is 1.13. The molecule has 0 aliphatic carbocycles. The molecule has 0 bridgehead atoms. The number of nitrogens with zero attached hydrogens (tertiary/aromatic N) is 4. The number of rotatable bonds is 6. The van der Waals surface area contributed by atoms with E-state index < -0.39 is 5.97 Å². The molecule has 0 aromatic carbocycles. The van der Waals surface area contributed by atoms with Gasteiger partial charge in [0.25, 0.3) is 0 Å². The van der Waals surface area contributed by atoms with Crippen molar-refractivity contribution >= 4 is 11.8 Å². The molecular formula is C12H16N4O2. The van der Waals surface area contributed by atoms with Crippen molar-refractivity contribution in [1.82, 2.24) is 9.88 Å². The largest absolute Gasteiger partial charge is 0.480 e. The highest BCUT2D eigenvalue weighted by Crippen LogP contribution is 2.11. The summed E-state index contributed by atoms with van der Waals surface area (Å²) in [4.78, 5) is 18.5. The van der Waals surface area contributed by atoms with E-state index in [9.17, 15) is 4.79 Å². The van der Waals surface area contributed by atoms with E-state index in [-0.39, 0.29) is 6.54 Å². The number of aromatic nitrogens is 1. The van der Waals surface area contributed by atoms with Crippen LogP contribution in [-0.4, -0.2) is 54.7 Å². The Labute approximate surface area is 106 Å². The van der Waals surface area contributed by atoms with Crippen LogP contribution in [0, 0.1) is 11.3 Å². The fraction of sp³-hybridized carbons (Fsp3) is 0.417. The Balaban J connectivity index is 2.86. The third-order valence-electron chi connectivity index (χ3n) is 2.34. The van der Waals surface area contributed by atoms with Crippen LogP contribution in [0.25, 0.3) is 0 Å². The number of pyridine rings is 1. The average molecular weight is 248 g/mol. The van der Waals surface area contributed by atoms with Gasteiger partial charge in [-0.2, -0.15) is 5.26 Å². The maximum Gasteiger partial charge on any atom is 0.323 e. The molecule has 96 valence electrons. The highest BCUT2D eigenvalue weighted by atomic mass is 16.4. The number of aliphatic carboxylic acids is 1. The van der Waals surface area contributed by atoms with Gasteiger partial charge < -0.3 is 14.9 Å².